The van der Waals surface area contributed by atoms with Gasteiger partial charge in [-0.3, -0.25) is 4.90 Å². The standard InChI is InChI=1S/C15H29NS/c1-3-15(4-2,12-17)11-16-10-9-13-7-5-6-8-14(13)16/h13-14,17H,3-12H2,1-2H3. The molecule has 1 saturated heterocycles. The fraction of sp³-hybridized carbons (Fsp3) is 1.00. The minimum atomic E-state index is 0.468. The molecule has 2 atom stereocenters. The second-order valence-corrected chi connectivity index (χ2v) is 6.55. The zero-order valence-electron chi connectivity index (χ0n) is 11.6. The summed E-state index contributed by atoms with van der Waals surface area (Å²) < 4.78 is 0. The first-order valence-electron chi connectivity index (χ1n) is 7.59. The largest absolute Gasteiger partial charge is 0.300 e. The SMILES string of the molecule is CCC(CC)(CS)CN1CCC2CCCCC21. The number of hydrogen-bond donors (Lipinski definition) is 1. The molecule has 1 nitrogen and oxygen atoms in total. The van der Waals surface area contributed by atoms with Gasteiger partial charge in [0, 0.05) is 12.6 Å². The summed E-state index contributed by atoms with van der Waals surface area (Å²) in [4.78, 5) is 2.81. The van der Waals surface area contributed by atoms with Crippen molar-refractivity contribution in [2.24, 2.45) is 11.3 Å². The van der Waals surface area contributed by atoms with Crippen molar-refractivity contribution >= 4 is 12.6 Å². The van der Waals surface area contributed by atoms with E-state index in [-0.39, 0.29) is 0 Å². The summed E-state index contributed by atoms with van der Waals surface area (Å²) in [6.45, 7) is 7.33. The van der Waals surface area contributed by atoms with E-state index in [9.17, 15) is 0 Å². The lowest BCUT2D eigenvalue weighted by molar-refractivity contribution is 0.116. The first-order valence-corrected chi connectivity index (χ1v) is 8.23. The molecule has 17 heavy (non-hydrogen) atoms. The van der Waals surface area contributed by atoms with Gasteiger partial charge >= 0.3 is 0 Å². The fourth-order valence-corrected chi connectivity index (χ4v) is 4.42. The van der Waals surface area contributed by atoms with Gasteiger partial charge in [-0.2, -0.15) is 12.6 Å². The third-order valence-corrected chi connectivity index (χ3v) is 6.17. The Labute approximate surface area is 113 Å². The van der Waals surface area contributed by atoms with E-state index in [0.29, 0.717) is 5.41 Å². The normalized spacial score (nSPS) is 30.5. The van der Waals surface area contributed by atoms with E-state index in [4.69, 9.17) is 0 Å². The van der Waals surface area contributed by atoms with E-state index in [1.165, 1.54) is 58.0 Å². The van der Waals surface area contributed by atoms with Crippen LogP contribution in [-0.2, 0) is 0 Å². The molecule has 0 aromatic heterocycles. The summed E-state index contributed by atoms with van der Waals surface area (Å²) in [5.74, 6) is 2.07. The molecule has 0 radical (unpaired) electrons. The highest BCUT2D eigenvalue weighted by Crippen LogP contribution is 2.39. The molecule has 0 aromatic rings. The van der Waals surface area contributed by atoms with Crippen LogP contribution in [0, 0.1) is 11.3 Å². The molecule has 2 unspecified atom stereocenters. The van der Waals surface area contributed by atoms with Crippen LogP contribution in [0.3, 0.4) is 0 Å². The summed E-state index contributed by atoms with van der Waals surface area (Å²) >= 11 is 4.63. The quantitative estimate of drug-likeness (QED) is 0.727. The van der Waals surface area contributed by atoms with Crippen LogP contribution in [0.4, 0.5) is 0 Å². The summed E-state index contributed by atoms with van der Waals surface area (Å²) in [6.07, 6.45) is 9.91. The van der Waals surface area contributed by atoms with E-state index in [1.807, 2.05) is 0 Å². The molecule has 2 fully saturated rings. The molecule has 0 spiro atoms. The third kappa shape index (κ3) is 2.84. The molecular weight excluding hydrogens is 226 g/mol. The Hall–Kier alpha value is 0.310. The van der Waals surface area contributed by atoms with Gasteiger partial charge in [0.05, 0.1) is 0 Å². The lowest BCUT2D eigenvalue weighted by atomic mass is 9.82. The van der Waals surface area contributed by atoms with Gasteiger partial charge in [-0.05, 0) is 55.7 Å². The second-order valence-electron chi connectivity index (χ2n) is 6.24. The Bertz CT molecular complexity index is 229. The highest BCUT2D eigenvalue weighted by Gasteiger charge is 2.38. The Kier molecular flexibility index (Phi) is 4.82. The number of likely N-dealkylation sites (tertiary alicyclic amines) is 1. The average molecular weight is 255 g/mol. The van der Waals surface area contributed by atoms with Crippen molar-refractivity contribution < 1.29 is 0 Å². The van der Waals surface area contributed by atoms with Gasteiger partial charge in [0.2, 0.25) is 0 Å². The topological polar surface area (TPSA) is 3.24 Å². The second kappa shape index (κ2) is 5.97. The van der Waals surface area contributed by atoms with Crippen molar-refractivity contribution in [1.82, 2.24) is 4.90 Å². The van der Waals surface area contributed by atoms with E-state index in [2.05, 4.69) is 31.4 Å². The molecule has 2 aliphatic rings. The smallest absolute Gasteiger partial charge is 0.0124 e. The molecule has 100 valence electrons. The van der Waals surface area contributed by atoms with Crippen LogP contribution >= 0.6 is 12.6 Å². The third-order valence-electron chi connectivity index (χ3n) is 5.50. The summed E-state index contributed by atoms with van der Waals surface area (Å²) in [5.41, 5.74) is 0.468. The van der Waals surface area contributed by atoms with Crippen LogP contribution in [0.2, 0.25) is 0 Å². The van der Waals surface area contributed by atoms with Gasteiger partial charge in [-0.15, -0.1) is 0 Å². The van der Waals surface area contributed by atoms with Gasteiger partial charge in [0.15, 0.2) is 0 Å². The first-order chi connectivity index (χ1) is 8.24. The summed E-state index contributed by atoms with van der Waals surface area (Å²) in [7, 11) is 0. The van der Waals surface area contributed by atoms with Crippen LogP contribution in [-0.4, -0.2) is 29.8 Å². The molecule has 0 aromatic carbocycles. The fourth-order valence-electron chi connectivity index (χ4n) is 3.88. The Morgan fingerprint density at radius 2 is 1.82 bits per heavy atom. The highest BCUT2D eigenvalue weighted by molar-refractivity contribution is 7.80. The number of rotatable bonds is 5. The van der Waals surface area contributed by atoms with Crippen molar-refractivity contribution in [3.63, 3.8) is 0 Å². The lowest BCUT2D eigenvalue weighted by Crippen LogP contribution is -2.43. The van der Waals surface area contributed by atoms with Crippen LogP contribution in [0.15, 0.2) is 0 Å². The molecule has 2 heteroatoms. The molecule has 0 bridgehead atoms. The van der Waals surface area contributed by atoms with Crippen molar-refractivity contribution in [3.8, 4) is 0 Å². The maximum Gasteiger partial charge on any atom is 0.0124 e. The lowest BCUT2D eigenvalue weighted by Gasteiger charge is -2.39. The number of fused-ring (bicyclic) bond motifs is 1. The predicted molar refractivity (Wildman–Crippen MR) is 78.8 cm³/mol. The predicted octanol–water partition coefficient (Wildman–Crippen LogP) is 3.99. The highest BCUT2D eigenvalue weighted by atomic mass is 32.1. The van der Waals surface area contributed by atoms with Gasteiger partial charge in [-0.25, -0.2) is 0 Å². The van der Waals surface area contributed by atoms with Gasteiger partial charge in [0.25, 0.3) is 0 Å². The first kappa shape index (κ1) is 13.7. The average Bonchev–Trinajstić information content (AvgIpc) is 2.79. The molecule has 1 saturated carbocycles. The van der Waals surface area contributed by atoms with Crippen LogP contribution in [0.25, 0.3) is 0 Å². The molecule has 1 heterocycles. The van der Waals surface area contributed by atoms with Crippen LogP contribution in [0.1, 0.15) is 58.8 Å². The molecule has 1 aliphatic carbocycles. The molecule has 0 N–H and O–H groups in total. The Morgan fingerprint density at radius 1 is 1.12 bits per heavy atom. The van der Waals surface area contributed by atoms with E-state index in [1.54, 1.807) is 0 Å². The van der Waals surface area contributed by atoms with Crippen molar-refractivity contribution in [2.45, 2.75) is 64.8 Å². The number of hydrogen-bond acceptors (Lipinski definition) is 2. The minimum absolute atomic E-state index is 0.468. The molecule has 0 amide bonds. The van der Waals surface area contributed by atoms with E-state index >= 15 is 0 Å². The molecular formula is C15H29NS. The Morgan fingerprint density at radius 3 is 2.47 bits per heavy atom. The number of thiol groups is 1. The van der Waals surface area contributed by atoms with Gasteiger partial charge in [-0.1, -0.05) is 26.7 Å². The maximum absolute atomic E-state index is 4.63. The Balaban J connectivity index is 1.98. The van der Waals surface area contributed by atoms with E-state index in [0.717, 1.165) is 17.7 Å². The summed E-state index contributed by atoms with van der Waals surface area (Å²) in [6, 6.07) is 0.918. The molecule has 1 aliphatic heterocycles. The number of nitrogens with zero attached hydrogens (tertiary/aromatic N) is 1. The van der Waals surface area contributed by atoms with Crippen molar-refractivity contribution in [3.05, 3.63) is 0 Å². The van der Waals surface area contributed by atoms with E-state index < -0.39 is 0 Å². The maximum atomic E-state index is 4.63. The summed E-state index contributed by atoms with van der Waals surface area (Å²) in [5, 5.41) is 0. The zero-order valence-corrected chi connectivity index (χ0v) is 12.5. The monoisotopic (exact) mass is 255 g/mol. The van der Waals surface area contributed by atoms with Crippen molar-refractivity contribution in [1.29, 1.82) is 0 Å². The minimum Gasteiger partial charge on any atom is -0.300 e. The van der Waals surface area contributed by atoms with Gasteiger partial charge in [0.1, 0.15) is 0 Å². The zero-order chi connectivity index (χ0) is 12.3. The van der Waals surface area contributed by atoms with Crippen molar-refractivity contribution in [2.75, 3.05) is 18.8 Å². The molecule has 2 rings (SSSR count). The van der Waals surface area contributed by atoms with Crippen LogP contribution < -0.4 is 0 Å². The van der Waals surface area contributed by atoms with Crippen LogP contribution in [0.5, 0.6) is 0 Å². The van der Waals surface area contributed by atoms with Gasteiger partial charge < -0.3 is 0 Å².